The fraction of sp³-hybridized carbons (Fsp3) is 0.688. The molecule has 1 aliphatic rings. The molecule has 1 unspecified atom stereocenters. The SMILES string of the molecule is CCCNCc1cc(CC)nc(N(C)C2CCOC2)c1. The molecule has 0 aliphatic carbocycles. The minimum Gasteiger partial charge on any atom is -0.379 e. The quantitative estimate of drug-likeness (QED) is 0.776. The first-order chi connectivity index (χ1) is 9.74. The monoisotopic (exact) mass is 277 g/mol. The first kappa shape index (κ1) is 15.3. The van der Waals surface area contributed by atoms with Gasteiger partial charge in [0.25, 0.3) is 0 Å². The summed E-state index contributed by atoms with van der Waals surface area (Å²) in [6.07, 6.45) is 3.24. The van der Waals surface area contributed by atoms with E-state index in [0.717, 1.165) is 51.4 Å². The van der Waals surface area contributed by atoms with Gasteiger partial charge in [0.1, 0.15) is 5.82 Å². The molecule has 2 heterocycles. The molecule has 0 spiro atoms. The van der Waals surface area contributed by atoms with Crippen molar-refractivity contribution < 1.29 is 4.74 Å². The minimum atomic E-state index is 0.464. The summed E-state index contributed by atoms with van der Waals surface area (Å²) in [4.78, 5) is 7.04. The lowest BCUT2D eigenvalue weighted by Gasteiger charge is -2.25. The van der Waals surface area contributed by atoms with Crippen LogP contribution in [0.2, 0.25) is 0 Å². The van der Waals surface area contributed by atoms with Gasteiger partial charge in [-0.25, -0.2) is 4.98 Å². The van der Waals surface area contributed by atoms with Gasteiger partial charge in [0.2, 0.25) is 0 Å². The average molecular weight is 277 g/mol. The molecule has 0 bridgehead atoms. The van der Waals surface area contributed by atoms with Crippen molar-refractivity contribution in [3.05, 3.63) is 23.4 Å². The van der Waals surface area contributed by atoms with Crippen molar-refractivity contribution in [3.8, 4) is 0 Å². The second-order valence-corrected chi connectivity index (χ2v) is 5.48. The third kappa shape index (κ3) is 3.93. The molecule has 1 saturated heterocycles. The van der Waals surface area contributed by atoms with Crippen molar-refractivity contribution in [2.45, 2.75) is 45.7 Å². The van der Waals surface area contributed by atoms with Gasteiger partial charge in [-0.1, -0.05) is 13.8 Å². The van der Waals surface area contributed by atoms with Crippen LogP contribution < -0.4 is 10.2 Å². The molecule has 0 amide bonds. The van der Waals surface area contributed by atoms with Gasteiger partial charge in [-0.15, -0.1) is 0 Å². The van der Waals surface area contributed by atoms with Crippen LogP contribution in [0, 0.1) is 0 Å². The summed E-state index contributed by atoms with van der Waals surface area (Å²) >= 11 is 0. The number of ether oxygens (including phenoxy) is 1. The Bertz CT molecular complexity index is 416. The lowest BCUT2D eigenvalue weighted by atomic mass is 10.1. The Morgan fingerprint density at radius 3 is 2.90 bits per heavy atom. The fourth-order valence-electron chi connectivity index (χ4n) is 2.52. The van der Waals surface area contributed by atoms with Crippen molar-refractivity contribution >= 4 is 5.82 Å². The Morgan fingerprint density at radius 1 is 1.40 bits per heavy atom. The summed E-state index contributed by atoms with van der Waals surface area (Å²) in [5.41, 5.74) is 2.49. The lowest BCUT2D eigenvalue weighted by Crippen LogP contribution is -2.32. The number of likely N-dealkylation sites (N-methyl/N-ethyl adjacent to an activating group) is 1. The predicted octanol–water partition coefficient (Wildman–Crippen LogP) is 2.37. The molecule has 112 valence electrons. The second-order valence-electron chi connectivity index (χ2n) is 5.48. The maximum Gasteiger partial charge on any atom is 0.129 e. The zero-order chi connectivity index (χ0) is 14.4. The predicted molar refractivity (Wildman–Crippen MR) is 83.2 cm³/mol. The Morgan fingerprint density at radius 2 is 2.25 bits per heavy atom. The van der Waals surface area contributed by atoms with E-state index < -0.39 is 0 Å². The molecule has 2 rings (SSSR count). The molecule has 1 aliphatic heterocycles. The third-order valence-corrected chi connectivity index (χ3v) is 3.86. The zero-order valence-corrected chi connectivity index (χ0v) is 13.0. The van der Waals surface area contributed by atoms with Gasteiger partial charge in [0.05, 0.1) is 12.6 Å². The number of aromatic nitrogens is 1. The van der Waals surface area contributed by atoms with Gasteiger partial charge in [-0.2, -0.15) is 0 Å². The molecule has 1 aromatic heterocycles. The average Bonchev–Trinajstić information content (AvgIpc) is 3.00. The molecular formula is C16H27N3O. The Labute approximate surface area is 122 Å². The van der Waals surface area contributed by atoms with Crippen LogP contribution in [-0.2, 0) is 17.7 Å². The van der Waals surface area contributed by atoms with Crippen molar-refractivity contribution in [2.75, 3.05) is 31.7 Å². The van der Waals surface area contributed by atoms with E-state index in [1.54, 1.807) is 0 Å². The summed E-state index contributed by atoms with van der Waals surface area (Å²) in [7, 11) is 2.13. The van der Waals surface area contributed by atoms with Gasteiger partial charge < -0.3 is 15.0 Å². The van der Waals surface area contributed by atoms with Crippen molar-refractivity contribution in [3.63, 3.8) is 0 Å². The first-order valence-corrected chi connectivity index (χ1v) is 7.75. The van der Waals surface area contributed by atoms with E-state index in [1.165, 1.54) is 11.3 Å². The highest BCUT2D eigenvalue weighted by molar-refractivity contribution is 5.43. The van der Waals surface area contributed by atoms with E-state index in [1.807, 2.05) is 0 Å². The maximum atomic E-state index is 5.48. The van der Waals surface area contributed by atoms with Crippen LogP contribution in [-0.4, -0.2) is 37.8 Å². The van der Waals surface area contributed by atoms with Gasteiger partial charge in [0, 0.05) is 25.9 Å². The Hall–Kier alpha value is -1.13. The van der Waals surface area contributed by atoms with Gasteiger partial charge in [-0.05, 0) is 43.5 Å². The van der Waals surface area contributed by atoms with Gasteiger partial charge in [0.15, 0.2) is 0 Å². The topological polar surface area (TPSA) is 37.4 Å². The molecule has 4 heteroatoms. The molecule has 0 radical (unpaired) electrons. The van der Waals surface area contributed by atoms with Crippen LogP contribution in [0.25, 0.3) is 0 Å². The summed E-state index contributed by atoms with van der Waals surface area (Å²) in [5, 5.41) is 3.47. The molecule has 1 aromatic rings. The van der Waals surface area contributed by atoms with E-state index in [9.17, 15) is 0 Å². The highest BCUT2D eigenvalue weighted by Crippen LogP contribution is 2.20. The minimum absolute atomic E-state index is 0.464. The Kier molecular flexibility index (Phi) is 5.80. The smallest absolute Gasteiger partial charge is 0.129 e. The number of hydrogen-bond acceptors (Lipinski definition) is 4. The number of rotatable bonds is 7. The largest absolute Gasteiger partial charge is 0.379 e. The number of aryl methyl sites for hydroxylation is 1. The summed E-state index contributed by atoms with van der Waals surface area (Å²) < 4.78 is 5.48. The molecule has 1 atom stereocenters. The van der Waals surface area contributed by atoms with Crippen LogP contribution >= 0.6 is 0 Å². The highest BCUT2D eigenvalue weighted by atomic mass is 16.5. The summed E-state index contributed by atoms with van der Waals surface area (Å²) in [5.74, 6) is 1.08. The van der Waals surface area contributed by atoms with E-state index in [-0.39, 0.29) is 0 Å². The number of hydrogen-bond donors (Lipinski definition) is 1. The van der Waals surface area contributed by atoms with E-state index in [4.69, 9.17) is 9.72 Å². The normalized spacial score (nSPS) is 18.4. The summed E-state index contributed by atoms with van der Waals surface area (Å²) in [6, 6.07) is 4.89. The first-order valence-electron chi connectivity index (χ1n) is 7.75. The molecule has 4 nitrogen and oxygen atoms in total. The molecular weight excluding hydrogens is 250 g/mol. The number of nitrogens with one attached hydrogen (secondary N) is 1. The third-order valence-electron chi connectivity index (χ3n) is 3.86. The molecule has 20 heavy (non-hydrogen) atoms. The standard InChI is InChI=1S/C16H27N3O/c1-4-7-17-11-13-9-14(5-2)18-16(10-13)19(3)15-6-8-20-12-15/h9-10,15,17H,4-8,11-12H2,1-3H3. The van der Waals surface area contributed by atoms with Gasteiger partial charge >= 0.3 is 0 Å². The zero-order valence-electron chi connectivity index (χ0n) is 13.0. The van der Waals surface area contributed by atoms with Crippen LogP contribution in [0.1, 0.15) is 37.9 Å². The Balaban J connectivity index is 2.11. The second kappa shape index (κ2) is 7.60. The van der Waals surface area contributed by atoms with E-state index >= 15 is 0 Å². The van der Waals surface area contributed by atoms with Gasteiger partial charge in [-0.3, -0.25) is 0 Å². The lowest BCUT2D eigenvalue weighted by molar-refractivity contribution is 0.193. The van der Waals surface area contributed by atoms with Crippen LogP contribution in [0.4, 0.5) is 5.82 Å². The van der Waals surface area contributed by atoms with E-state index in [2.05, 4.69) is 43.2 Å². The van der Waals surface area contributed by atoms with Crippen molar-refractivity contribution in [2.24, 2.45) is 0 Å². The highest BCUT2D eigenvalue weighted by Gasteiger charge is 2.21. The van der Waals surface area contributed by atoms with Crippen molar-refractivity contribution in [1.82, 2.24) is 10.3 Å². The maximum absolute atomic E-state index is 5.48. The molecule has 0 saturated carbocycles. The molecule has 0 aromatic carbocycles. The number of pyridine rings is 1. The molecule has 1 N–H and O–H groups in total. The van der Waals surface area contributed by atoms with Crippen molar-refractivity contribution in [1.29, 1.82) is 0 Å². The van der Waals surface area contributed by atoms with Crippen LogP contribution in [0.3, 0.4) is 0 Å². The molecule has 1 fully saturated rings. The van der Waals surface area contributed by atoms with Crippen LogP contribution in [0.5, 0.6) is 0 Å². The summed E-state index contributed by atoms with van der Waals surface area (Å²) in [6.45, 7) is 8.02. The van der Waals surface area contributed by atoms with E-state index in [0.29, 0.717) is 6.04 Å². The number of anilines is 1. The fourth-order valence-corrected chi connectivity index (χ4v) is 2.52. The van der Waals surface area contributed by atoms with Crippen LogP contribution in [0.15, 0.2) is 12.1 Å². The number of nitrogens with zero attached hydrogens (tertiary/aromatic N) is 2.